The van der Waals surface area contributed by atoms with E-state index in [0.29, 0.717) is 19.1 Å². The van der Waals surface area contributed by atoms with Gasteiger partial charge in [-0.05, 0) is 19.4 Å². The van der Waals surface area contributed by atoms with Crippen molar-refractivity contribution >= 4 is 11.7 Å². The van der Waals surface area contributed by atoms with Crippen LogP contribution < -0.4 is 10.7 Å². The summed E-state index contributed by atoms with van der Waals surface area (Å²) < 4.78 is 33.9. The van der Waals surface area contributed by atoms with Gasteiger partial charge in [0.2, 0.25) is 5.43 Å². The van der Waals surface area contributed by atoms with E-state index in [2.05, 4.69) is 5.32 Å². The molecule has 0 spiro atoms. The Morgan fingerprint density at radius 1 is 1.32 bits per heavy atom. The molecule has 0 bridgehead atoms. The molecule has 2 atom stereocenters. The van der Waals surface area contributed by atoms with Crippen LogP contribution in [0.15, 0.2) is 41.3 Å². The van der Waals surface area contributed by atoms with Crippen molar-refractivity contribution < 1.29 is 28.2 Å². The van der Waals surface area contributed by atoms with Gasteiger partial charge in [-0.25, -0.2) is 8.78 Å². The van der Waals surface area contributed by atoms with Gasteiger partial charge in [-0.15, -0.1) is 0 Å². The second-order valence-corrected chi connectivity index (χ2v) is 7.88. The zero-order valence-electron chi connectivity index (χ0n) is 16.7. The van der Waals surface area contributed by atoms with Crippen molar-refractivity contribution in [2.45, 2.75) is 32.5 Å². The highest BCUT2D eigenvalue weighted by Crippen LogP contribution is 2.40. The molecule has 31 heavy (non-hydrogen) atoms. The number of hydrogen-bond donors (Lipinski definition) is 2. The maximum absolute atomic E-state index is 13.8. The lowest BCUT2D eigenvalue weighted by molar-refractivity contribution is -0.0235. The van der Waals surface area contributed by atoms with Crippen LogP contribution in [0.1, 0.15) is 39.8 Å². The van der Waals surface area contributed by atoms with Crippen LogP contribution in [0, 0.1) is 17.0 Å². The van der Waals surface area contributed by atoms with Crippen molar-refractivity contribution in [3.63, 3.8) is 0 Å². The molecule has 2 aliphatic rings. The number of amides is 1. The molecule has 162 valence electrons. The number of carbonyl (C=O) groups excluding carboxylic acids is 2. The first-order valence-corrected chi connectivity index (χ1v) is 9.72. The van der Waals surface area contributed by atoms with E-state index in [1.807, 2.05) is 6.08 Å². The summed E-state index contributed by atoms with van der Waals surface area (Å²) in [6.45, 7) is 1.92. The van der Waals surface area contributed by atoms with Crippen molar-refractivity contribution in [1.29, 1.82) is 0 Å². The molecule has 2 N–H and O–H groups in total. The zero-order chi connectivity index (χ0) is 22.3. The van der Waals surface area contributed by atoms with Gasteiger partial charge in [0.05, 0.1) is 24.7 Å². The fraction of sp³-hybridized carbons (Fsp3) is 0.318. The Labute approximate surface area is 176 Å². The number of ether oxygens (including phenoxy) is 1. The number of benzene rings is 1. The Kier molecular flexibility index (Phi) is 5.22. The molecule has 0 aliphatic carbocycles. The van der Waals surface area contributed by atoms with Gasteiger partial charge in [-0.2, -0.15) is 0 Å². The molecule has 1 aromatic carbocycles. The third-order valence-corrected chi connectivity index (χ3v) is 5.86. The standard InChI is InChI=1S/C22H20F2N2O5/c1-22-6-2-3-7-31-16(22)11-26-10-14(18(27)19(28)17(26)20(22)29)21(30)25-9-12-4-5-13(23)8-15(12)24/h2-5,8,10,16,28H,6-7,9,11H2,1H3,(H,25,30)/t16-,22?/m1/s1. The first-order valence-electron chi connectivity index (χ1n) is 9.72. The van der Waals surface area contributed by atoms with Gasteiger partial charge in [-0.3, -0.25) is 14.4 Å². The van der Waals surface area contributed by atoms with Crippen molar-refractivity contribution in [3.8, 4) is 5.75 Å². The quantitative estimate of drug-likeness (QED) is 0.729. The molecular formula is C22H20F2N2O5. The Balaban J connectivity index is 1.65. The molecule has 7 nitrogen and oxygen atoms in total. The van der Waals surface area contributed by atoms with Gasteiger partial charge < -0.3 is 19.7 Å². The number of Topliss-reactive ketones (excluding diaryl/α,β-unsaturated/α-hetero) is 1. The normalized spacial score (nSPS) is 22.4. The minimum absolute atomic E-state index is 0.0299. The summed E-state index contributed by atoms with van der Waals surface area (Å²) in [6.07, 6.45) is 4.73. The zero-order valence-corrected chi connectivity index (χ0v) is 16.7. The van der Waals surface area contributed by atoms with E-state index in [9.17, 15) is 28.3 Å². The Morgan fingerprint density at radius 2 is 2.10 bits per heavy atom. The number of fused-ring (bicyclic) bond motifs is 2. The lowest BCUT2D eigenvalue weighted by atomic mass is 9.73. The number of allylic oxidation sites excluding steroid dienone is 1. The van der Waals surface area contributed by atoms with Crippen LogP contribution >= 0.6 is 0 Å². The lowest BCUT2D eigenvalue weighted by Gasteiger charge is -2.40. The maximum Gasteiger partial charge on any atom is 0.257 e. The molecule has 3 heterocycles. The predicted octanol–water partition coefficient (Wildman–Crippen LogP) is 2.31. The van der Waals surface area contributed by atoms with E-state index >= 15 is 0 Å². The second kappa shape index (κ2) is 7.73. The molecular weight excluding hydrogens is 410 g/mol. The molecule has 0 saturated heterocycles. The first-order chi connectivity index (χ1) is 14.7. The Bertz CT molecular complexity index is 1170. The number of hydrogen-bond acceptors (Lipinski definition) is 5. The summed E-state index contributed by atoms with van der Waals surface area (Å²) >= 11 is 0. The second-order valence-electron chi connectivity index (χ2n) is 7.88. The van der Waals surface area contributed by atoms with Crippen LogP contribution in [0.3, 0.4) is 0 Å². The van der Waals surface area contributed by atoms with Crippen LogP contribution in [0.25, 0.3) is 0 Å². The van der Waals surface area contributed by atoms with Crippen LogP contribution in [0.2, 0.25) is 0 Å². The van der Waals surface area contributed by atoms with E-state index < -0.39 is 51.6 Å². The molecule has 2 aliphatic heterocycles. The average molecular weight is 430 g/mol. The molecule has 0 radical (unpaired) electrons. The average Bonchev–Trinajstić information content (AvgIpc) is 2.92. The third-order valence-electron chi connectivity index (χ3n) is 5.86. The number of rotatable bonds is 3. The number of nitrogens with one attached hydrogen (secondary N) is 1. The van der Waals surface area contributed by atoms with Gasteiger partial charge in [0, 0.05) is 24.4 Å². The Morgan fingerprint density at radius 3 is 2.84 bits per heavy atom. The van der Waals surface area contributed by atoms with E-state index in [4.69, 9.17) is 4.74 Å². The summed E-state index contributed by atoms with van der Waals surface area (Å²) in [7, 11) is 0. The van der Waals surface area contributed by atoms with Crippen LogP contribution in [-0.4, -0.2) is 34.1 Å². The van der Waals surface area contributed by atoms with Crippen molar-refractivity contribution in [2.75, 3.05) is 6.61 Å². The first kappa shape index (κ1) is 20.9. The van der Waals surface area contributed by atoms with E-state index in [0.717, 1.165) is 6.07 Å². The molecule has 9 heteroatoms. The number of aromatic nitrogens is 1. The SMILES string of the molecule is CC12CC=CCO[C@@H]1Cn1cc(C(=O)NCc3ccc(F)cc3F)c(=O)c(O)c1C2=O. The third kappa shape index (κ3) is 3.54. The highest BCUT2D eigenvalue weighted by molar-refractivity contribution is 6.03. The topological polar surface area (TPSA) is 97.6 Å². The summed E-state index contributed by atoms with van der Waals surface area (Å²) in [5.41, 5.74) is -2.47. The van der Waals surface area contributed by atoms with Crippen LogP contribution in [0.4, 0.5) is 8.78 Å². The summed E-state index contributed by atoms with van der Waals surface area (Å²) in [6, 6.07) is 2.92. The van der Waals surface area contributed by atoms with Crippen molar-refractivity contribution in [3.05, 3.63) is 75.2 Å². The summed E-state index contributed by atoms with van der Waals surface area (Å²) in [4.78, 5) is 38.4. The summed E-state index contributed by atoms with van der Waals surface area (Å²) in [5, 5.41) is 12.9. The number of nitrogens with zero attached hydrogens (tertiary/aromatic N) is 1. The number of halogens is 2. The van der Waals surface area contributed by atoms with Crippen molar-refractivity contribution in [2.24, 2.45) is 5.41 Å². The molecule has 2 aromatic rings. The predicted molar refractivity (Wildman–Crippen MR) is 106 cm³/mol. The molecule has 1 amide bonds. The molecule has 4 rings (SSSR count). The van der Waals surface area contributed by atoms with E-state index in [1.165, 1.54) is 16.8 Å². The number of pyridine rings is 1. The minimum atomic E-state index is -0.996. The van der Waals surface area contributed by atoms with Gasteiger partial charge in [0.1, 0.15) is 22.9 Å². The monoisotopic (exact) mass is 430 g/mol. The summed E-state index contributed by atoms with van der Waals surface area (Å²) in [5.74, 6) is -3.69. The smallest absolute Gasteiger partial charge is 0.257 e. The highest BCUT2D eigenvalue weighted by Gasteiger charge is 2.48. The minimum Gasteiger partial charge on any atom is -0.503 e. The molecule has 1 unspecified atom stereocenters. The molecule has 0 saturated carbocycles. The number of aromatic hydroxyl groups is 1. The van der Waals surface area contributed by atoms with E-state index in [1.54, 1.807) is 13.0 Å². The Hall–Kier alpha value is -3.33. The molecule has 0 fully saturated rings. The fourth-order valence-corrected chi connectivity index (χ4v) is 3.96. The van der Waals surface area contributed by atoms with Gasteiger partial charge in [0.25, 0.3) is 5.91 Å². The van der Waals surface area contributed by atoms with Gasteiger partial charge >= 0.3 is 0 Å². The van der Waals surface area contributed by atoms with Gasteiger partial charge in [0.15, 0.2) is 11.5 Å². The fourth-order valence-electron chi connectivity index (χ4n) is 3.96. The van der Waals surface area contributed by atoms with Crippen molar-refractivity contribution in [1.82, 2.24) is 9.88 Å². The number of carbonyl (C=O) groups is 2. The van der Waals surface area contributed by atoms with Crippen LogP contribution in [-0.2, 0) is 17.8 Å². The van der Waals surface area contributed by atoms with Crippen LogP contribution in [0.5, 0.6) is 5.75 Å². The lowest BCUT2D eigenvalue weighted by Crippen LogP contribution is -2.49. The maximum atomic E-state index is 13.8. The highest BCUT2D eigenvalue weighted by atomic mass is 19.1. The molecule has 1 aromatic heterocycles. The van der Waals surface area contributed by atoms with Gasteiger partial charge in [-0.1, -0.05) is 18.2 Å². The number of ketones is 1. The van der Waals surface area contributed by atoms with E-state index in [-0.39, 0.29) is 24.3 Å². The largest absolute Gasteiger partial charge is 0.503 e.